The van der Waals surface area contributed by atoms with E-state index in [-0.39, 0.29) is 5.91 Å². The monoisotopic (exact) mass is 287 g/mol. The smallest absolute Gasteiger partial charge is 0.256 e. The predicted molar refractivity (Wildman–Crippen MR) is 82.8 cm³/mol. The van der Waals surface area contributed by atoms with Crippen LogP contribution in [0.3, 0.4) is 0 Å². The molecule has 112 valence electrons. The lowest BCUT2D eigenvalue weighted by atomic mass is 10.1. The third-order valence-corrected chi connectivity index (χ3v) is 3.71. The van der Waals surface area contributed by atoms with Crippen molar-refractivity contribution in [2.75, 3.05) is 12.4 Å². The Morgan fingerprint density at radius 2 is 1.86 bits per heavy atom. The molecule has 0 fully saturated rings. The number of ether oxygens (including phenoxy) is 1. The highest BCUT2D eigenvalue weighted by molar-refractivity contribution is 5.96. The summed E-state index contributed by atoms with van der Waals surface area (Å²) in [7, 11) is 1.52. The van der Waals surface area contributed by atoms with Gasteiger partial charge in [0.1, 0.15) is 5.60 Å². The molecule has 1 aromatic heterocycles. The van der Waals surface area contributed by atoms with Crippen molar-refractivity contribution in [2.45, 2.75) is 33.3 Å². The normalized spacial score (nSPS) is 11.5. The topological polar surface area (TPSA) is 56.1 Å². The lowest BCUT2D eigenvalue weighted by Crippen LogP contribution is -2.38. The van der Waals surface area contributed by atoms with Crippen LogP contribution in [0, 0.1) is 13.8 Å². The minimum absolute atomic E-state index is 0.174. The first kappa shape index (κ1) is 15.3. The van der Waals surface area contributed by atoms with E-state index in [9.17, 15) is 4.79 Å². The SMILES string of the molecule is COC(C)(C)C(=O)Nc1ccc(-n2cnc(C)c2C)cc1. The van der Waals surface area contributed by atoms with Gasteiger partial charge >= 0.3 is 0 Å². The van der Waals surface area contributed by atoms with E-state index < -0.39 is 5.60 Å². The van der Waals surface area contributed by atoms with E-state index >= 15 is 0 Å². The molecule has 2 rings (SSSR count). The molecule has 21 heavy (non-hydrogen) atoms. The number of anilines is 1. The first-order chi connectivity index (χ1) is 9.85. The Morgan fingerprint density at radius 3 is 2.33 bits per heavy atom. The first-order valence-electron chi connectivity index (χ1n) is 6.83. The molecule has 0 bridgehead atoms. The molecule has 0 atom stereocenters. The summed E-state index contributed by atoms with van der Waals surface area (Å²) in [5.74, 6) is -0.174. The van der Waals surface area contributed by atoms with E-state index in [1.54, 1.807) is 20.2 Å². The number of hydrogen-bond acceptors (Lipinski definition) is 3. The van der Waals surface area contributed by atoms with Crippen molar-refractivity contribution in [3.8, 4) is 5.69 Å². The largest absolute Gasteiger partial charge is 0.369 e. The number of imidazole rings is 1. The number of nitrogens with one attached hydrogen (secondary N) is 1. The summed E-state index contributed by atoms with van der Waals surface area (Å²) in [6.07, 6.45) is 1.80. The Morgan fingerprint density at radius 1 is 1.24 bits per heavy atom. The number of rotatable bonds is 4. The van der Waals surface area contributed by atoms with Gasteiger partial charge in [-0.1, -0.05) is 0 Å². The van der Waals surface area contributed by atoms with Crippen molar-refractivity contribution in [1.29, 1.82) is 0 Å². The number of nitrogens with zero attached hydrogens (tertiary/aromatic N) is 2. The molecule has 2 aromatic rings. The van der Waals surface area contributed by atoms with E-state index in [2.05, 4.69) is 10.3 Å². The van der Waals surface area contributed by atoms with Gasteiger partial charge in [-0.3, -0.25) is 4.79 Å². The molecule has 1 heterocycles. The molecule has 1 aromatic carbocycles. The Balaban J connectivity index is 2.17. The zero-order valence-electron chi connectivity index (χ0n) is 13.1. The quantitative estimate of drug-likeness (QED) is 0.940. The van der Waals surface area contributed by atoms with Gasteiger partial charge in [0.05, 0.1) is 12.0 Å². The highest BCUT2D eigenvalue weighted by Gasteiger charge is 2.26. The number of aryl methyl sites for hydroxylation is 1. The van der Waals surface area contributed by atoms with Crippen LogP contribution in [-0.4, -0.2) is 28.2 Å². The Labute approximate surface area is 125 Å². The predicted octanol–water partition coefficient (Wildman–Crippen LogP) is 2.85. The van der Waals surface area contributed by atoms with Crippen molar-refractivity contribution in [1.82, 2.24) is 9.55 Å². The van der Waals surface area contributed by atoms with Gasteiger partial charge in [-0.05, 0) is 52.0 Å². The molecular weight excluding hydrogens is 266 g/mol. The number of carbonyl (C=O) groups is 1. The maximum atomic E-state index is 12.0. The van der Waals surface area contributed by atoms with Crippen molar-refractivity contribution in [3.05, 3.63) is 42.0 Å². The molecule has 0 aliphatic heterocycles. The molecule has 0 aliphatic rings. The van der Waals surface area contributed by atoms with Crippen LogP contribution >= 0.6 is 0 Å². The number of carbonyl (C=O) groups excluding carboxylic acids is 1. The zero-order chi connectivity index (χ0) is 15.6. The molecule has 0 saturated carbocycles. The third kappa shape index (κ3) is 3.13. The fourth-order valence-electron chi connectivity index (χ4n) is 1.84. The molecule has 0 radical (unpaired) electrons. The second kappa shape index (κ2) is 5.69. The second-order valence-electron chi connectivity index (χ2n) is 5.50. The summed E-state index contributed by atoms with van der Waals surface area (Å²) in [6.45, 7) is 7.47. The van der Waals surface area contributed by atoms with Crippen LogP contribution in [0.25, 0.3) is 5.69 Å². The highest BCUT2D eigenvalue weighted by Crippen LogP contribution is 2.18. The molecule has 5 heteroatoms. The minimum atomic E-state index is -0.850. The van der Waals surface area contributed by atoms with E-state index in [1.165, 1.54) is 7.11 Å². The molecule has 0 unspecified atom stereocenters. The maximum absolute atomic E-state index is 12.0. The van der Waals surface area contributed by atoms with Crippen LogP contribution in [0.2, 0.25) is 0 Å². The van der Waals surface area contributed by atoms with Gasteiger partial charge in [0.2, 0.25) is 0 Å². The first-order valence-corrected chi connectivity index (χ1v) is 6.83. The van der Waals surface area contributed by atoms with Crippen LogP contribution in [-0.2, 0) is 9.53 Å². The third-order valence-electron chi connectivity index (χ3n) is 3.71. The minimum Gasteiger partial charge on any atom is -0.369 e. The van der Waals surface area contributed by atoms with Crippen LogP contribution in [0.1, 0.15) is 25.2 Å². The summed E-state index contributed by atoms with van der Waals surface area (Å²) < 4.78 is 7.17. The van der Waals surface area contributed by atoms with Crippen LogP contribution < -0.4 is 5.32 Å². The number of aromatic nitrogens is 2. The number of methoxy groups -OCH3 is 1. The number of hydrogen-bond donors (Lipinski definition) is 1. The summed E-state index contributed by atoms with van der Waals surface area (Å²) in [5, 5.41) is 2.84. The van der Waals surface area contributed by atoms with E-state index in [0.717, 1.165) is 22.8 Å². The number of amides is 1. The van der Waals surface area contributed by atoms with Crippen molar-refractivity contribution >= 4 is 11.6 Å². The summed E-state index contributed by atoms with van der Waals surface area (Å²) in [4.78, 5) is 16.3. The van der Waals surface area contributed by atoms with E-state index in [0.29, 0.717) is 0 Å². The lowest BCUT2D eigenvalue weighted by Gasteiger charge is -2.21. The summed E-state index contributed by atoms with van der Waals surface area (Å²) >= 11 is 0. The standard InChI is InChI=1S/C16H21N3O2/c1-11-12(2)19(10-17-11)14-8-6-13(7-9-14)18-15(20)16(3,4)21-5/h6-10H,1-5H3,(H,18,20). The molecule has 0 saturated heterocycles. The van der Waals surface area contributed by atoms with Gasteiger partial charge in [-0.2, -0.15) is 0 Å². The van der Waals surface area contributed by atoms with Gasteiger partial charge in [0, 0.05) is 24.2 Å². The number of benzene rings is 1. The Hall–Kier alpha value is -2.14. The molecule has 1 N–H and O–H groups in total. The van der Waals surface area contributed by atoms with Crippen LogP contribution in [0.4, 0.5) is 5.69 Å². The van der Waals surface area contributed by atoms with Crippen molar-refractivity contribution in [3.63, 3.8) is 0 Å². The Bertz CT molecular complexity index is 642. The van der Waals surface area contributed by atoms with E-state index in [1.807, 2.05) is 42.7 Å². The van der Waals surface area contributed by atoms with E-state index in [4.69, 9.17) is 4.74 Å². The van der Waals surface area contributed by atoms with Crippen LogP contribution in [0.15, 0.2) is 30.6 Å². The molecule has 1 amide bonds. The average Bonchev–Trinajstić information content (AvgIpc) is 2.80. The van der Waals surface area contributed by atoms with Gasteiger partial charge in [-0.25, -0.2) is 4.98 Å². The average molecular weight is 287 g/mol. The van der Waals surface area contributed by atoms with Gasteiger partial charge < -0.3 is 14.6 Å². The molecule has 0 spiro atoms. The second-order valence-corrected chi connectivity index (χ2v) is 5.50. The zero-order valence-corrected chi connectivity index (χ0v) is 13.1. The van der Waals surface area contributed by atoms with Crippen LogP contribution in [0.5, 0.6) is 0 Å². The highest BCUT2D eigenvalue weighted by atomic mass is 16.5. The lowest BCUT2D eigenvalue weighted by molar-refractivity contribution is -0.133. The van der Waals surface area contributed by atoms with Gasteiger partial charge in [0.15, 0.2) is 0 Å². The summed E-state index contributed by atoms with van der Waals surface area (Å²) in [5.41, 5.74) is 3.01. The molecular formula is C16H21N3O2. The Kier molecular flexibility index (Phi) is 4.14. The van der Waals surface area contributed by atoms with Crippen molar-refractivity contribution < 1.29 is 9.53 Å². The maximum Gasteiger partial charge on any atom is 0.256 e. The summed E-state index contributed by atoms with van der Waals surface area (Å²) in [6, 6.07) is 7.63. The molecule has 5 nitrogen and oxygen atoms in total. The fraction of sp³-hybridized carbons (Fsp3) is 0.375. The molecule has 0 aliphatic carbocycles. The fourth-order valence-corrected chi connectivity index (χ4v) is 1.84. The van der Waals surface area contributed by atoms with Gasteiger partial charge in [0.25, 0.3) is 5.91 Å². The van der Waals surface area contributed by atoms with Crippen molar-refractivity contribution in [2.24, 2.45) is 0 Å². The van der Waals surface area contributed by atoms with Gasteiger partial charge in [-0.15, -0.1) is 0 Å².